The van der Waals surface area contributed by atoms with E-state index in [0.29, 0.717) is 0 Å². The molecule has 1 heterocycles. The van der Waals surface area contributed by atoms with Crippen LogP contribution in [0.2, 0.25) is 0 Å². The minimum Gasteiger partial charge on any atom is -0.311 e. The van der Waals surface area contributed by atoms with E-state index < -0.39 is 0 Å². The number of nitrogens with one attached hydrogen (secondary N) is 1. The summed E-state index contributed by atoms with van der Waals surface area (Å²) >= 11 is 8.78. The van der Waals surface area contributed by atoms with Crippen LogP contribution >= 0.6 is 43.2 Å². The van der Waals surface area contributed by atoms with Crippen LogP contribution in [0.1, 0.15) is 19.4 Å². The third-order valence-corrected chi connectivity index (χ3v) is 5.01. The summed E-state index contributed by atoms with van der Waals surface area (Å²) in [6.45, 7) is 9.77. The third-order valence-electron chi connectivity index (χ3n) is 2.54. The second-order valence-electron chi connectivity index (χ2n) is 3.55. The van der Waals surface area contributed by atoms with Gasteiger partial charge in [0.2, 0.25) is 0 Å². The van der Waals surface area contributed by atoms with E-state index in [1.807, 2.05) is 0 Å². The summed E-state index contributed by atoms with van der Waals surface area (Å²) in [5, 5.41) is 3.47. The molecule has 0 spiro atoms. The van der Waals surface area contributed by atoms with E-state index in [2.05, 4.69) is 62.0 Å². The lowest BCUT2D eigenvalue weighted by Crippen LogP contribution is -2.31. The SMILES string of the molecule is CCN(CC)CCNCc1cc(Br)sc1Br. The van der Waals surface area contributed by atoms with E-state index in [4.69, 9.17) is 0 Å². The summed E-state index contributed by atoms with van der Waals surface area (Å²) in [5.74, 6) is 0. The molecule has 92 valence electrons. The first-order valence-corrected chi connectivity index (χ1v) is 7.94. The molecule has 0 saturated heterocycles. The van der Waals surface area contributed by atoms with Crippen molar-refractivity contribution >= 4 is 43.2 Å². The van der Waals surface area contributed by atoms with E-state index >= 15 is 0 Å². The predicted molar refractivity (Wildman–Crippen MR) is 79.2 cm³/mol. The Bertz CT molecular complexity index is 311. The second kappa shape index (κ2) is 7.82. The molecule has 1 rings (SSSR count). The first-order chi connectivity index (χ1) is 7.67. The Morgan fingerprint density at radius 3 is 2.50 bits per heavy atom. The zero-order valence-corrected chi connectivity index (χ0v) is 13.7. The van der Waals surface area contributed by atoms with Crippen molar-refractivity contribution in [2.24, 2.45) is 0 Å². The highest BCUT2D eigenvalue weighted by molar-refractivity contribution is 9.12. The molecule has 1 aromatic heterocycles. The van der Waals surface area contributed by atoms with Crippen LogP contribution in [-0.4, -0.2) is 31.1 Å². The molecule has 0 saturated carbocycles. The van der Waals surface area contributed by atoms with Crippen molar-refractivity contribution < 1.29 is 0 Å². The molecule has 0 amide bonds. The van der Waals surface area contributed by atoms with Crippen molar-refractivity contribution in [2.45, 2.75) is 20.4 Å². The van der Waals surface area contributed by atoms with Crippen molar-refractivity contribution in [1.82, 2.24) is 10.2 Å². The minimum absolute atomic E-state index is 0.934. The van der Waals surface area contributed by atoms with E-state index in [0.717, 1.165) is 32.7 Å². The molecule has 0 aliphatic heterocycles. The maximum Gasteiger partial charge on any atom is 0.0755 e. The summed E-state index contributed by atoms with van der Waals surface area (Å²) in [7, 11) is 0. The van der Waals surface area contributed by atoms with Crippen molar-refractivity contribution in [1.29, 1.82) is 0 Å². The van der Waals surface area contributed by atoms with Gasteiger partial charge in [-0.05, 0) is 56.6 Å². The van der Waals surface area contributed by atoms with Gasteiger partial charge in [-0.15, -0.1) is 11.3 Å². The fraction of sp³-hybridized carbons (Fsp3) is 0.636. The van der Waals surface area contributed by atoms with Gasteiger partial charge in [0.25, 0.3) is 0 Å². The molecule has 0 aliphatic rings. The van der Waals surface area contributed by atoms with Gasteiger partial charge >= 0.3 is 0 Å². The summed E-state index contributed by atoms with van der Waals surface area (Å²) in [6.07, 6.45) is 0. The van der Waals surface area contributed by atoms with Gasteiger partial charge < -0.3 is 10.2 Å². The highest BCUT2D eigenvalue weighted by atomic mass is 79.9. The van der Waals surface area contributed by atoms with E-state index in [1.54, 1.807) is 11.3 Å². The van der Waals surface area contributed by atoms with Gasteiger partial charge in [-0.3, -0.25) is 0 Å². The van der Waals surface area contributed by atoms with Crippen LogP contribution < -0.4 is 5.32 Å². The van der Waals surface area contributed by atoms with Crippen molar-refractivity contribution in [3.63, 3.8) is 0 Å². The van der Waals surface area contributed by atoms with Crippen LogP contribution in [0.5, 0.6) is 0 Å². The van der Waals surface area contributed by atoms with Crippen molar-refractivity contribution in [2.75, 3.05) is 26.2 Å². The lowest BCUT2D eigenvalue weighted by molar-refractivity contribution is 0.302. The number of thiophene rings is 1. The Morgan fingerprint density at radius 2 is 2.00 bits per heavy atom. The molecule has 0 unspecified atom stereocenters. The van der Waals surface area contributed by atoms with Gasteiger partial charge in [0, 0.05) is 19.6 Å². The van der Waals surface area contributed by atoms with Crippen LogP contribution in [0.15, 0.2) is 13.6 Å². The first-order valence-electron chi connectivity index (χ1n) is 5.54. The van der Waals surface area contributed by atoms with E-state index in [1.165, 1.54) is 13.1 Å². The highest BCUT2D eigenvalue weighted by Crippen LogP contribution is 2.31. The van der Waals surface area contributed by atoms with Gasteiger partial charge in [-0.1, -0.05) is 13.8 Å². The molecule has 16 heavy (non-hydrogen) atoms. The smallest absolute Gasteiger partial charge is 0.0755 e. The number of halogens is 2. The Labute approximate surface area is 119 Å². The molecule has 0 radical (unpaired) electrons. The Balaban J connectivity index is 2.23. The zero-order chi connectivity index (χ0) is 12.0. The molecular weight excluding hydrogens is 352 g/mol. The molecule has 5 heteroatoms. The average molecular weight is 370 g/mol. The lowest BCUT2D eigenvalue weighted by Gasteiger charge is -2.17. The highest BCUT2D eigenvalue weighted by Gasteiger charge is 2.04. The van der Waals surface area contributed by atoms with Crippen LogP contribution in [0.4, 0.5) is 0 Å². The standard InChI is InChI=1S/C11H18Br2N2S/c1-3-15(4-2)6-5-14-8-9-7-10(12)16-11(9)13/h7,14H,3-6,8H2,1-2H3. The summed E-state index contributed by atoms with van der Waals surface area (Å²) in [4.78, 5) is 2.42. The van der Waals surface area contributed by atoms with Crippen molar-refractivity contribution in [3.8, 4) is 0 Å². The average Bonchev–Trinajstić information content (AvgIpc) is 2.58. The number of nitrogens with zero attached hydrogens (tertiary/aromatic N) is 1. The fourth-order valence-electron chi connectivity index (χ4n) is 1.49. The largest absolute Gasteiger partial charge is 0.311 e. The quantitative estimate of drug-likeness (QED) is 0.737. The number of hydrogen-bond donors (Lipinski definition) is 1. The predicted octanol–water partition coefficient (Wildman–Crippen LogP) is 3.70. The molecular formula is C11H18Br2N2S. The van der Waals surface area contributed by atoms with Crippen LogP contribution in [-0.2, 0) is 6.54 Å². The second-order valence-corrected chi connectivity index (χ2v) is 7.30. The zero-order valence-electron chi connectivity index (χ0n) is 9.72. The maximum absolute atomic E-state index is 3.56. The van der Waals surface area contributed by atoms with Gasteiger partial charge in [-0.25, -0.2) is 0 Å². The van der Waals surface area contributed by atoms with E-state index in [-0.39, 0.29) is 0 Å². The Kier molecular flexibility index (Phi) is 7.16. The molecule has 1 aromatic rings. The fourth-order valence-corrected chi connectivity index (χ4v) is 4.32. The van der Waals surface area contributed by atoms with Crippen LogP contribution in [0.3, 0.4) is 0 Å². The van der Waals surface area contributed by atoms with Gasteiger partial charge in [0.05, 0.1) is 7.57 Å². The van der Waals surface area contributed by atoms with Gasteiger partial charge in [0.1, 0.15) is 0 Å². The molecule has 2 nitrogen and oxygen atoms in total. The first kappa shape index (κ1) is 14.6. The summed E-state index contributed by atoms with van der Waals surface area (Å²) in [5.41, 5.74) is 1.33. The van der Waals surface area contributed by atoms with Crippen molar-refractivity contribution in [3.05, 3.63) is 19.2 Å². The number of likely N-dealkylation sites (N-methyl/N-ethyl adjacent to an activating group) is 1. The molecule has 0 atom stereocenters. The normalized spacial score (nSPS) is 11.3. The minimum atomic E-state index is 0.934. The van der Waals surface area contributed by atoms with Gasteiger partial charge in [0.15, 0.2) is 0 Å². The Hall–Kier alpha value is 0.580. The molecule has 1 N–H and O–H groups in total. The molecule has 0 aromatic carbocycles. The van der Waals surface area contributed by atoms with E-state index in [9.17, 15) is 0 Å². The van der Waals surface area contributed by atoms with Gasteiger partial charge in [-0.2, -0.15) is 0 Å². The Morgan fingerprint density at radius 1 is 1.31 bits per heavy atom. The maximum atomic E-state index is 3.56. The molecule has 0 aliphatic carbocycles. The van der Waals surface area contributed by atoms with Crippen LogP contribution in [0, 0.1) is 0 Å². The lowest BCUT2D eigenvalue weighted by atomic mass is 10.3. The summed E-state index contributed by atoms with van der Waals surface area (Å²) < 4.78 is 2.40. The number of hydrogen-bond acceptors (Lipinski definition) is 3. The molecule has 0 bridgehead atoms. The monoisotopic (exact) mass is 368 g/mol. The third kappa shape index (κ3) is 4.84. The topological polar surface area (TPSA) is 15.3 Å². The number of rotatable bonds is 7. The van der Waals surface area contributed by atoms with Crippen LogP contribution in [0.25, 0.3) is 0 Å². The molecule has 0 fully saturated rings. The summed E-state index contributed by atoms with van der Waals surface area (Å²) in [6, 6.07) is 2.17.